The number of nitrogens with one attached hydrogen (secondary N) is 2. The summed E-state index contributed by atoms with van der Waals surface area (Å²) in [6, 6.07) is 21.7. The largest absolute Gasteiger partial charge is 0.494 e. The first kappa shape index (κ1) is 24.3. The molecule has 0 heterocycles. The molecule has 6 nitrogen and oxygen atoms in total. The number of para-hydroxylation sites is 1. The van der Waals surface area contributed by atoms with Crippen LogP contribution in [-0.2, 0) is 10.0 Å². The van der Waals surface area contributed by atoms with Crippen LogP contribution >= 0.6 is 0 Å². The highest BCUT2D eigenvalue weighted by atomic mass is 32.2. The Kier molecular flexibility index (Phi) is 8.89. The van der Waals surface area contributed by atoms with E-state index >= 15 is 0 Å². The van der Waals surface area contributed by atoms with E-state index in [1.807, 2.05) is 6.07 Å². The van der Waals surface area contributed by atoms with Gasteiger partial charge in [0.05, 0.1) is 11.5 Å². The quantitative estimate of drug-likeness (QED) is 0.316. The lowest BCUT2D eigenvalue weighted by atomic mass is 10.1. The molecule has 33 heavy (non-hydrogen) atoms. The highest BCUT2D eigenvalue weighted by Crippen LogP contribution is 2.19. The summed E-state index contributed by atoms with van der Waals surface area (Å²) in [5, 5.41) is 2.78. The van der Waals surface area contributed by atoms with Crippen LogP contribution in [0.15, 0.2) is 83.8 Å². The van der Waals surface area contributed by atoms with Crippen LogP contribution in [-0.4, -0.2) is 20.9 Å². The zero-order valence-corrected chi connectivity index (χ0v) is 19.6. The number of unbranched alkanes of at least 4 members (excludes halogenated alkanes) is 4. The third-order valence-corrected chi connectivity index (χ3v) is 6.48. The number of amides is 1. The second kappa shape index (κ2) is 12.1. The fourth-order valence-electron chi connectivity index (χ4n) is 3.24. The third kappa shape index (κ3) is 7.64. The van der Waals surface area contributed by atoms with Crippen LogP contribution in [0, 0.1) is 0 Å². The molecule has 0 spiro atoms. The molecule has 0 aromatic heterocycles. The molecule has 0 aliphatic rings. The number of hydrogen-bond acceptors (Lipinski definition) is 4. The number of ether oxygens (including phenoxy) is 1. The van der Waals surface area contributed by atoms with E-state index in [0.717, 1.165) is 18.6 Å². The molecule has 0 bridgehead atoms. The van der Waals surface area contributed by atoms with Gasteiger partial charge in [-0.1, -0.05) is 50.8 Å². The van der Waals surface area contributed by atoms with Crippen molar-refractivity contribution in [2.45, 2.75) is 43.9 Å². The van der Waals surface area contributed by atoms with Crippen molar-refractivity contribution in [2.75, 3.05) is 16.6 Å². The van der Waals surface area contributed by atoms with Gasteiger partial charge < -0.3 is 10.1 Å². The van der Waals surface area contributed by atoms with Gasteiger partial charge in [0.25, 0.3) is 15.9 Å². The lowest BCUT2D eigenvalue weighted by Crippen LogP contribution is -2.14. The summed E-state index contributed by atoms with van der Waals surface area (Å²) in [6.07, 6.45) is 5.90. The van der Waals surface area contributed by atoms with Crippen molar-refractivity contribution in [2.24, 2.45) is 0 Å². The summed E-state index contributed by atoms with van der Waals surface area (Å²) in [5.41, 5.74) is 1.48. The van der Waals surface area contributed by atoms with Crippen molar-refractivity contribution in [1.29, 1.82) is 0 Å². The summed E-state index contributed by atoms with van der Waals surface area (Å²) in [7, 11) is -3.71. The van der Waals surface area contributed by atoms with E-state index in [4.69, 9.17) is 4.74 Å². The van der Waals surface area contributed by atoms with Gasteiger partial charge in [0.1, 0.15) is 5.75 Å². The highest BCUT2D eigenvalue weighted by Gasteiger charge is 2.14. The maximum absolute atomic E-state index is 12.5. The lowest BCUT2D eigenvalue weighted by Gasteiger charge is -2.10. The molecule has 0 fully saturated rings. The van der Waals surface area contributed by atoms with E-state index in [9.17, 15) is 13.2 Å². The standard InChI is InChI=1S/C26H30N2O4S/c1-2-3-4-5-9-20-32-24-16-12-21(13-17-24)26(29)27-22-14-18-25(19-15-22)33(30,31)28-23-10-7-6-8-11-23/h6-8,10-19,28H,2-5,9,20H2,1H3,(H,27,29). The maximum Gasteiger partial charge on any atom is 0.261 e. The fourth-order valence-corrected chi connectivity index (χ4v) is 4.30. The number of hydrogen-bond donors (Lipinski definition) is 2. The average Bonchev–Trinajstić information content (AvgIpc) is 2.82. The summed E-state index contributed by atoms with van der Waals surface area (Å²) in [6.45, 7) is 2.86. The molecule has 7 heteroatoms. The molecule has 0 saturated heterocycles. The monoisotopic (exact) mass is 466 g/mol. The number of anilines is 2. The van der Waals surface area contributed by atoms with Crippen molar-refractivity contribution in [1.82, 2.24) is 0 Å². The number of sulfonamides is 1. The minimum atomic E-state index is -3.71. The predicted octanol–water partition coefficient (Wildman–Crippen LogP) is 6.09. The van der Waals surface area contributed by atoms with Gasteiger partial charge in [0.2, 0.25) is 0 Å². The molecule has 3 aromatic rings. The molecule has 3 aromatic carbocycles. The molecule has 0 radical (unpaired) electrons. The van der Waals surface area contributed by atoms with Crippen molar-refractivity contribution in [3.63, 3.8) is 0 Å². The molecular weight excluding hydrogens is 436 g/mol. The van der Waals surface area contributed by atoms with Gasteiger partial charge in [-0.2, -0.15) is 0 Å². The number of carbonyl (C=O) groups excluding carboxylic acids is 1. The van der Waals surface area contributed by atoms with Gasteiger partial charge in [-0.25, -0.2) is 8.42 Å². The zero-order chi connectivity index (χ0) is 23.5. The van der Waals surface area contributed by atoms with E-state index in [1.54, 1.807) is 60.7 Å². The molecule has 0 unspecified atom stereocenters. The van der Waals surface area contributed by atoms with Crippen LogP contribution in [0.25, 0.3) is 0 Å². The Bertz CT molecular complexity index is 1110. The molecule has 0 aliphatic carbocycles. The Morgan fingerprint density at radius 2 is 1.45 bits per heavy atom. The lowest BCUT2D eigenvalue weighted by molar-refractivity contribution is 0.102. The minimum Gasteiger partial charge on any atom is -0.494 e. The van der Waals surface area contributed by atoms with Crippen LogP contribution in [0.1, 0.15) is 49.4 Å². The first-order valence-electron chi connectivity index (χ1n) is 11.2. The minimum absolute atomic E-state index is 0.112. The average molecular weight is 467 g/mol. The van der Waals surface area contributed by atoms with Crippen LogP contribution in [0.4, 0.5) is 11.4 Å². The summed E-state index contributed by atoms with van der Waals surface area (Å²) >= 11 is 0. The van der Waals surface area contributed by atoms with Gasteiger partial charge in [-0.3, -0.25) is 9.52 Å². The van der Waals surface area contributed by atoms with Crippen LogP contribution < -0.4 is 14.8 Å². The topological polar surface area (TPSA) is 84.5 Å². The van der Waals surface area contributed by atoms with Crippen molar-refractivity contribution in [3.8, 4) is 5.75 Å². The van der Waals surface area contributed by atoms with Crippen molar-refractivity contribution < 1.29 is 17.9 Å². The smallest absolute Gasteiger partial charge is 0.261 e. The molecular formula is C26H30N2O4S. The van der Waals surface area contributed by atoms with Gasteiger partial charge >= 0.3 is 0 Å². The van der Waals surface area contributed by atoms with E-state index < -0.39 is 10.0 Å². The Morgan fingerprint density at radius 1 is 0.788 bits per heavy atom. The second-order valence-corrected chi connectivity index (χ2v) is 9.42. The van der Waals surface area contributed by atoms with E-state index in [1.165, 1.54) is 31.4 Å². The van der Waals surface area contributed by atoms with Crippen LogP contribution in [0.3, 0.4) is 0 Å². The second-order valence-electron chi connectivity index (χ2n) is 7.74. The van der Waals surface area contributed by atoms with E-state index in [0.29, 0.717) is 23.5 Å². The van der Waals surface area contributed by atoms with Gasteiger partial charge in [0, 0.05) is 16.9 Å². The molecule has 174 valence electrons. The van der Waals surface area contributed by atoms with Gasteiger partial charge in [-0.15, -0.1) is 0 Å². The molecule has 0 aliphatic heterocycles. The summed E-state index contributed by atoms with van der Waals surface area (Å²) < 4.78 is 33.3. The molecule has 3 rings (SSSR count). The van der Waals surface area contributed by atoms with Crippen LogP contribution in [0.2, 0.25) is 0 Å². The number of benzene rings is 3. The van der Waals surface area contributed by atoms with Gasteiger partial charge in [-0.05, 0) is 67.1 Å². The first-order chi connectivity index (χ1) is 16.0. The zero-order valence-electron chi connectivity index (χ0n) is 18.8. The molecule has 1 amide bonds. The molecule has 2 N–H and O–H groups in total. The summed E-state index contributed by atoms with van der Waals surface area (Å²) in [5.74, 6) is 0.460. The SMILES string of the molecule is CCCCCCCOc1ccc(C(=O)Nc2ccc(S(=O)(=O)Nc3ccccc3)cc2)cc1. The predicted molar refractivity (Wildman–Crippen MR) is 132 cm³/mol. The molecule has 0 atom stereocenters. The highest BCUT2D eigenvalue weighted by molar-refractivity contribution is 7.92. The van der Waals surface area contributed by atoms with Crippen molar-refractivity contribution >= 4 is 27.3 Å². The van der Waals surface area contributed by atoms with E-state index in [2.05, 4.69) is 17.0 Å². The Labute approximate surface area is 196 Å². The summed E-state index contributed by atoms with van der Waals surface area (Å²) in [4.78, 5) is 12.6. The third-order valence-electron chi connectivity index (χ3n) is 5.08. The Hall–Kier alpha value is -3.32. The first-order valence-corrected chi connectivity index (χ1v) is 12.7. The normalized spacial score (nSPS) is 11.1. The number of carbonyl (C=O) groups is 1. The fraction of sp³-hybridized carbons (Fsp3) is 0.269. The molecule has 0 saturated carbocycles. The van der Waals surface area contributed by atoms with Crippen molar-refractivity contribution in [3.05, 3.63) is 84.4 Å². The van der Waals surface area contributed by atoms with E-state index in [-0.39, 0.29) is 10.8 Å². The van der Waals surface area contributed by atoms with Crippen LogP contribution in [0.5, 0.6) is 5.75 Å². The van der Waals surface area contributed by atoms with Gasteiger partial charge in [0.15, 0.2) is 0 Å². The Balaban J connectivity index is 1.52. The Morgan fingerprint density at radius 3 is 2.12 bits per heavy atom. The maximum atomic E-state index is 12.5. The number of rotatable bonds is 12.